The SMILES string of the molecule is CC(C)(C)CC(=O)N1Cc2c(C(N)=O)c(-c3cccc(Cl)c3)nn2C2(CC2)C1. The molecule has 0 atom stereocenters. The Bertz CT molecular complexity index is 969. The van der Waals surface area contributed by atoms with Gasteiger partial charge >= 0.3 is 0 Å². The van der Waals surface area contributed by atoms with Gasteiger partial charge in [0, 0.05) is 23.6 Å². The molecule has 2 aromatic rings. The number of hydrogen-bond acceptors (Lipinski definition) is 3. The van der Waals surface area contributed by atoms with Gasteiger partial charge in [0.25, 0.3) is 5.91 Å². The van der Waals surface area contributed by atoms with Crippen LogP contribution in [0.5, 0.6) is 0 Å². The van der Waals surface area contributed by atoms with Crippen molar-refractivity contribution in [2.24, 2.45) is 11.1 Å². The largest absolute Gasteiger partial charge is 0.365 e. The number of hydrogen-bond donors (Lipinski definition) is 1. The first-order valence-corrected chi connectivity index (χ1v) is 9.93. The first-order valence-electron chi connectivity index (χ1n) is 9.56. The second-order valence-corrected chi connectivity index (χ2v) is 9.60. The second kappa shape index (κ2) is 6.34. The van der Waals surface area contributed by atoms with Crippen molar-refractivity contribution in [3.8, 4) is 11.3 Å². The molecule has 1 fully saturated rings. The van der Waals surface area contributed by atoms with Crippen molar-refractivity contribution in [2.75, 3.05) is 6.54 Å². The summed E-state index contributed by atoms with van der Waals surface area (Å²) in [7, 11) is 0. The van der Waals surface area contributed by atoms with Crippen LogP contribution in [0.1, 0.15) is 56.1 Å². The number of nitrogens with two attached hydrogens (primary N) is 1. The lowest BCUT2D eigenvalue weighted by Gasteiger charge is -2.36. The number of carbonyl (C=O) groups excluding carboxylic acids is 2. The Morgan fingerprint density at radius 2 is 2.00 bits per heavy atom. The highest BCUT2D eigenvalue weighted by Gasteiger charge is 2.52. The molecular weight excluding hydrogens is 376 g/mol. The van der Waals surface area contributed by atoms with Gasteiger partial charge in [-0.15, -0.1) is 0 Å². The maximum atomic E-state index is 12.9. The van der Waals surface area contributed by atoms with E-state index < -0.39 is 5.91 Å². The number of amides is 2. The fraction of sp³-hybridized carbons (Fsp3) is 0.476. The predicted octanol–water partition coefficient (Wildman–Crippen LogP) is 3.57. The Morgan fingerprint density at radius 3 is 2.57 bits per heavy atom. The van der Waals surface area contributed by atoms with Crippen LogP contribution < -0.4 is 5.73 Å². The highest BCUT2D eigenvalue weighted by atomic mass is 35.5. The van der Waals surface area contributed by atoms with Gasteiger partial charge in [-0.3, -0.25) is 14.3 Å². The molecule has 1 aromatic carbocycles. The zero-order chi connectivity index (χ0) is 20.3. The van der Waals surface area contributed by atoms with E-state index in [9.17, 15) is 9.59 Å². The summed E-state index contributed by atoms with van der Waals surface area (Å²) in [5.41, 5.74) is 7.87. The van der Waals surface area contributed by atoms with Gasteiger partial charge in [-0.25, -0.2) is 0 Å². The average molecular weight is 401 g/mol. The van der Waals surface area contributed by atoms with Crippen LogP contribution in [0.25, 0.3) is 11.3 Å². The van der Waals surface area contributed by atoms with E-state index in [0.29, 0.717) is 35.8 Å². The van der Waals surface area contributed by atoms with Gasteiger partial charge in [0.1, 0.15) is 5.69 Å². The van der Waals surface area contributed by atoms with Crippen LogP contribution in [0, 0.1) is 5.41 Å². The third-order valence-corrected chi connectivity index (χ3v) is 5.70. The number of rotatable bonds is 3. The molecule has 1 aliphatic heterocycles. The number of halogens is 1. The van der Waals surface area contributed by atoms with Crippen molar-refractivity contribution in [1.82, 2.24) is 14.7 Å². The van der Waals surface area contributed by atoms with Crippen molar-refractivity contribution in [3.63, 3.8) is 0 Å². The zero-order valence-electron chi connectivity index (χ0n) is 16.5. The number of fused-ring (bicyclic) bond motifs is 2. The van der Waals surface area contributed by atoms with Gasteiger partial charge in [0.2, 0.25) is 5.91 Å². The molecule has 1 saturated carbocycles. The summed E-state index contributed by atoms with van der Waals surface area (Å²) >= 11 is 6.14. The third kappa shape index (κ3) is 3.30. The number of primary amides is 1. The van der Waals surface area contributed by atoms with Crippen LogP contribution in [0.3, 0.4) is 0 Å². The normalized spacial score (nSPS) is 17.5. The van der Waals surface area contributed by atoms with Gasteiger partial charge in [0.05, 0.1) is 23.3 Å². The summed E-state index contributed by atoms with van der Waals surface area (Å²) < 4.78 is 1.95. The smallest absolute Gasteiger partial charge is 0.252 e. The summed E-state index contributed by atoms with van der Waals surface area (Å²) in [5.74, 6) is -0.428. The summed E-state index contributed by atoms with van der Waals surface area (Å²) in [4.78, 5) is 27.2. The summed E-state index contributed by atoms with van der Waals surface area (Å²) in [6.45, 7) is 7.14. The van der Waals surface area contributed by atoms with Crippen LogP contribution in [0.15, 0.2) is 24.3 Å². The lowest BCUT2D eigenvalue weighted by molar-refractivity contribution is -0.135. The summed E-state index contributed by atoms with van der Waals surface area (Å²) in [6, 6.07) is 7.26. The number of aromatic nitrogens is 2. The van der Waals surface area contributed by atoms with Crippen LogP contribution in [0.2, 0.25) is 5.02 Å². The lowest BCUT2D eigenvalue weighted by Crippen LogP contribution is -2.46. The molecule has 1 aromatic heterocycles. The summed E-state index contributed by atoms with van der Waals surface area (Å²) in [5, 5.41) is 5.36. The predicted molar refractivity (Wildman–Crippen MR) is 108 cm³/mol. The Kier molecular flexibility index (Phi) is 4.30. The molecule has 0 unspecified atom stereocenters. The lowest BCUT2D eigenvalue weighted by atomic mass is 9.91. The van der Waals surface area contributed by atoms with Crippen molar-refractivity contribution in [2.45, 2.75) is 52.1 Å². The van der Waals surface area contributed by atoms with Gasteiger partial charge in [-0.1, -0.05) is 44.5 Å². The van der Waals surface area contributed by atoms with Gasteiger partial charge in [-0.05, 0) is 30.4 Å². The maximum absolute atomic E-state index is 12.9. The Morgan fingerprint density at radius 1 is 1.29 bits per heavy atom. The number of benzene rings is 1. The van der Waals surface area contributed by atoms with E-state index in [4.69, 9.17) is 22.4 Å². The van der Waals surface area contributed by atoms with E-state index >= 15 is 0 Å². The van der Waals surface area contributed by atoms with E-state index in [2.05, 4.69) is 20.8 Å². The molecule has 6 nitrogen and oxygen atoms in total. The van der Waals surface area contributed by atoms with E-state index in [1.807, 2.05) is 21.7 Å². The van der Waals surface area contributed by atoms with Crippen molar-refractivity contribution in [3.05, 3.63) is 40.5 Å². The highest BCUT2D eigenvalue weighted by Crippen LogP contribution is 2.49. The molecule has 7 heteroatoms. The molecule has 1 spiro atoms. The number of nitrogens with zero attached hydrogens (tertiary/aromatic N) is 3. The Hall–Kier alpha value is -2.34. The third-order valence-electron chi connectivity index (χ3n) is 5.46. The van der Waals surface area contributed by atoms with E-state index in [-0.39, 0.29) is 16.9 Å². The molecule has 148 valence electrons. The van der Waals surface area contributed by atoms with E-state index in [0.717, 1.165) is 24.1 Å². The molecule has 1 aliphatic carbocycles. The minimum absolute atomic E-state index is 0.0933. The van der Waals surface area contributed by atoms with Crippen molar-refractivity contribution < 1.29 is 9.59 Å². The summed E-state index contributed by atoms with van der Waals surface area (Å²) in [6.07, 6.45) is 2.34. The maximum Gasteiger partial charge on any atom is 0.252 e. The highest BCUT2D eigenvalue weighted by molar-refractivity contribution is 6.30. The first-order chi connectivity index (χ1) is 13.1. The van der Waals surface area contributed by atoms with Crippen LogP contribution >= 0.6 is 11.6 Å². The van der Waals surface area contributed by atoms with Crippen molar-refractivity contribution >= 4 is 23.4 Å². The minimum Gasteiger partial charge on any atom is -0.365 e. The molecule has 2 aliphatic rings. The topological polar surface area (TPSA) is 81.2 Å². The van der Waals surface area contributed by atoms with Crippen LogP contribution in [-0.2, 0) is 16.9 Å². The van der Waals surface area contributed by atoms with E-state index in [1.54, 1.807) is 12.1 Å². The molecule has 2 amide bonds. The average Bonchev–Trinajstić information content (AvgIpc) is 3.22. The van der Waals surface area contributed by atoms with Crippen LogP contribution in [0.4, 0.5) is 0 Å². The quantitative estimate of drug-likeness (QED) is 0.855. The molecule has 0 bridgehead atoms. The Labute approximate surface area is 169 Å². The zero-order valence-corrected chi connectivity index (χ0v) is 17.2. The fourth-order valence-electron chi connectivity index (χ4n) is 4.00. The Balaban J connectivity index is 1.79. The molecule has 2 N–H and O–H groups in total. The van der Waals surface area contributed by atoms with E-state index in [1.165, 1.54) is 0 Å². The fourth-order valence-corrected chi connectivity index (χ4v) is 4.19. The van der Waals surface area contributed by atoms with Gasteiger partial charge in [0.15, 0.2) is 0 Å². The second-order valence-electron chi connectivity index (χ2n) is 9.17. The monoisotopic (exact) mass is 400 g/mol. The molecule has 0 radical (unpaired) electrons. The van der Waals surface area contributed by atoms with Gasteiger partial charge in [-0.2, -0.15) is 5.10 Å². The van der Waals surface area contributed by atoms with Gasteiger partial charge < -0.3 is 10.6 Å². The molecule has 0 saturated heterocycles. The van der Waals surface area contributed by atoms with Crippen LogP contribution in [-0.4, -0.2) is 33.0 Å². The minimum atomic E-state index is -0.530. The molecule has 4 rings (SSSR count). The first kappa shape index (κ1) is 19.0. The standard InChI is InChI=1S/C21H25ClN4O2/c1-20(2,3)10-16(27)25-11-15-17(19(23)28)18(13-5-4-6-14(22)9-13)24-26(15)21(12-25)7-8-21/h4-6,9H,7-8,10-12H2,1-3H3,(H2,23,28). The number of carbonyl (C=O) groups is 2. The van der Waals surface area contributed by atoms with Crippen molar-refractivity contribution in [1.29, 1.82) is 0 Å². The molecule has 2 heterocycles. The molecular formula is C21H25ClN4O2. The molecule has 28 heavy (non-hydrogen) atoms.